The molecule has 0 radical (unpaired) electrons. The standard InChI is InChI=1S/C13H17N3O2S/c1-18-13(17)10-3-2-6-16(8-10)11-5-4-9(7-15-11)12(14)19/h4-5,7,10H,2-3,6,8H2,1H3,(H2,14,19). The van der Waals surface area contributed by atoms with E-state index in [0.717, 1.165) is 30.8 Å². The molecule has 0 spiro atoms. The zero-order valence-corrected chi connectivity index (χ0v) is 11.7. The first kappa shape index (κ1) is 13.7. The molecule has 5 nitrogen and oxygen atoms in total. The van der Waals surface area contributed by atoms with Crippen molar-refractivity contribution >= 4 is 29.0 Å². The van der Waals surface area contributed by atoms with Crippen molar-refractivity contribution in [1.29, 1.82) is 0 Å². The maximum absolute atomic E-state index is 11.6. The Morgan fingerprint density at radius 2 is 2.37 bits per heavy atom. The van der Waals surface area contributed by atoms with Crippen molar-refractivity contribution in [2.45, 2.75) is 12.8 Å². The highest BCUT2D eigenvalue weighted by molar-refractivity contribution is 7.80. The summed E-state index contributed by atoms with van der Waals surface area (Å²) in [6.07, 6.45) is 3.49. The molecule has 2 heterocycles. The van der Waals surface area contributed by atoms with Gasteiger partial charge in [0.2, 0.25) is 0 Å². The van der Waals surface area contributed by atoms with Crippen LogP contribution in [0.3, 0.4) is 0 Å². The smallest absolute Gasteiger partial charge is 0.310 e. The summed E-state index contributed by atoms with van der Waals surface area (Å²) in [6.45, 7) is 1.54. The van der Waals surface area contributed by atoms with Crippen LogP contribution in [-0.2, 0) is 9.53 Å². The van der Waals surface area contributed by atoms with Crippen molar-refractivity contribution in [2.24, 2.45) is 11.7 Å². The number of carbonyl (C=O) groups is 1. The number of methoxy groups -OCH3 is 1. The fourth-order valence-electron chi connectivity index (χ4n) is 2.26. The highest BCUT2D eigenvalue weighted by Gasteiger charge is 2.27. The molecule has 1 saturated heterocycles. The van der Waals surface area contributed by atoms with Crippen molar-refractivity contribution < 1.29 is 9.53 Å². The number of nitrogens with zero attached hydrogens (tertiary/aromatic N) is 2. The van der Waals surface area contributed by atoms with Crippen molar-refractivity contribution in [3.05, 3.63) is 23.9 Å². The van der Waals surface area contributed by atoms with Crippen LogP contribution in [0.15, 0.2) is 18.3 Å². The molecule has 0 aromatic carbocycles. The predicted molar refractivity (Wildman–Crippen MR) is 77.1 cm³/mol. The second-order valence-electron chi connectivity index (χ2n) is 4.58. The van der Waals surface area contributed by atoms with Gasteiger partial charge in [0.1, 0.15) is 10.8 Å². The molecule has 1 aromatic heterocycles. The van der Waals surface area contributed by atoms with Crippen LogP contribution in [0.4, 0.5) is 5.82 Å². The topological polar surface area (TPSA) is 68.5 Å². The van der Waals surface area contributed by atoms with Gasteiger partial charge in [-0.15, -0.1) is 0 Å². The van der Waals surface area contributed by atoms with Gasteiger partial charge in [-0.3, -0.25) is 4.79 Å². The molecule has 2 rings (SSSR count). The molecule has 0 bridgehead atoms. The highest BCUT2D eigenvalue weighted by atomic mass is 32.1. The predicted octanol–water partition coefficient (Wildman–Crippen LogP) is 1.11. The third-order valence-corrected chi connectivity index (χ3v) is 3.55. The largest absolute Gasteiger partial charge is 0.469 e. The number of anilines is 1. The second-order valence-corrected chi connectivity index (χ2v) is 5.02. The number of thiocarbonyl (C=S) groups is 1. The molecule has 1 atom stereocenters. The summed E-state index contributed by atoms with van der Waals surface area (Å²) in [5.41, 5.74) is 6.29. The van der Waals surface area contributed by atoms with Crippen LogP contribution in [0, 0.1) is 5.92 Å². The van der Waals surface area contributed by atoms with E-state index < -0.39 is 0 Å². The number of carbonyl (C=O) groups excluding carboxylic acids is 1. The number of pyridine rings is 1. The van der Waals surface area contributed by atoms with Crippen LogP contribution >= 0.6 is 12.2 Å². The third kappa shape index (κ3) is 3.20. The number of hydrogen-bond acceptors (Lipinski definition) is 5. The molecule has 102 valence electrons. The van der Waals surface area contributed by atoms with E-state index in [2.05, 4.69) is 9.88 Å². The molecule has 0 saturated carbocycles. The quantitative estimate of drug-likeness (QED) is 0.660. The SMILES string of the molecule is COC(=O)C1CCCN(c2ccc(C(N)=S)cn2)C1. The van der Waals surface area contributed by atoms with Gasteiger partial charge >= 0.3 is 5.97 Å². The van der Waals surface area contributed by atoms with E-state index in [4.69, 9.17) is 22.7 Å². The van der Waals surface area contributed by atoms with E-state index in [1.54, 1.807) is 6.20 Å². The van der Waals surface area contributed by atoms with E-state index in [9.17, 15) is 4.79 Å². The van der Waals surface area contributed by atoms with Crippen LogP contribution in [-0.4, -0.2) is 36.1 Å². The van der Waals surface area contributed by atoms with Crippen LogP contribution in [0.5, 0.6) is 0 Å². The Labute approximate surface area is 117 Å². The van der Waals surface area contributed by atoms with Gasteiger partial charge < -0.3 is 15.4 Å². The maximum atomic E-state index is 11.6. The average Bonchev–Trinajstić information content (AvgIpc) is 2.46. The first-order valence-corrected chi connectivity index (χ1v) is 6.61. The molecule has 2 N–H and O–H groups in total. The molecule has 1 aliphatic rings. The molecule has 19 heavy (non-hydrogen) atoms. The Morgan fingerprint density at radius 1 is 1.58 bits per heavy atom. The summed E-state index contributed by atoms with van der Waals surface area (Å²) < 4.78 is 4.80. The minimum atomic E-state index is -0.149. The molecule has 0 aliphatic carbocycles. The molecule has 0 amide bonds. The molecule has 1 aromatic rings. The number of esters is 1. The van der Waals surface area contributed by atoms with Gasteiger partial charge in [0.15, 0.2) is 0 Å². The van der Waals surface area contributed by atoms with Gasteiger partial charge in [0.05, 0.1) is 13.0 Å². The first-order valence-electron chi connectivity index (χ1n) is 6.20. The van der Waals surface area contributed by atoms with E-state index in [-0.39, 0.29) is 11.9 Å². The summed E-state index contributed by atoms with van der Waals surface area (Å²) in [5.74, 6) is 0.619. The van der Waals surface area contributed by atoms with Gasteiger partial charge in [-0.05, 0) is 25.0 Å². The van der Waals surface area contributed by atoms with Gasteiger partial charge in [-0.1, -0.05) is 12.2 Å². The highest BCUT2D eigenvalue weighted by Crippen LogP contribution is 2.22. The Kier molecular flexibility index (Phi) is 4.31. The molecular weight excluding hydrogens is 262 g/mol. The van der Waals surface area contributed by atoms with Gasteiger partial charge in [0, 0.05) is 24.8 Å². The number of hydrogen-bond donors (Lipinski definition) is 1. The van der Waals surface area contributed by atoms with Crippen molar-refractivity contribution in [1.82, 2.24) is 4.98 Å². The zero-order chi connectivity index (χ0) is 13.8. The van der Waals surface area contributed by atoms with Crippen LogP contribution in [0.25, 0.3) is 0 Å². The van der Waals surface area contributed by atoms with Gasteiger partial charge in [-0.2, -0.15) is 0 Å². The normalized spacial score (nSPS) is 19.0. The lowest BCUT2D eigenvalue weighted by molar-refractivity contribution is -0.145. The lowest BCUT2D eigenvalue weighted by Gasteiger charge is -2.32. The zero-order valence-electron chi connectivity index (χ0n) is 10.8. The first-order chi connectivity index (χ1) is 9.11. The lowest BCUT2D eigenvalue weighted by Crippen LogP contribution is -2.39. The van der Waals surface area contributed by atoms with E-state index >= 15 is 0 Å². The summed E-state index contributed by atoms with van der Waals surface area (Å²) in [6, 6.07) is 3.74. The molecule has 1 unspecified atom stereocenters. The Hall–Kier alpha value is -1.69. The van der Waals surface area contributed by atoms with Crippen LogP contribution in [0.2, 0.25) is 0 Å². The molecule has 1 aliphatic heterocycles. The average molecular weight is 279 g/mol. The van der Waals surface area contributed by atoms with E-state index in [1.165, 1.54) is 7.11 Å². The van der Waals surface area contributed by atoms with Gasteiger partial charge in [0.25, 0.3) is 0 Å². The maximum Gasteiger partial charge on any atom is 0.310 e. The summed E-state index contributed by atoms with van der Waals surface area (Å²) in [4.78, 5) is 18.4. The summed E-state index contributed by atoms with van der Waals surface area (Å²) >= 11 is 4.89. The fourth-order valence-corrected chi connectivity index (χ4v) is 2.38. The number of aromatic nitrogens is 1. The van der Waals surface area contributed by atoms with E-state index in [0.29, 0.717) is 11.5 Å². The van der Waals surface area contributed by atoms with Crippen LogP contribution < -0.4 is 10.6 Å². The van der Waals surface area contributed by atoms with Gasteiger partial charge in [-0.25, -0.2) is 4.98 Å². The van der Waals surface area contributed by atoms with Crippen LogP contribution in [0.1, 0.15) is 18.4 Å². The lowest BCUT2D eigenvalue weighted by atomic mass is 9.98. The Bertz CT molecular complexity index is 475. The number of rotatable bonds is 3. The minimum Gasteiger partial charge on any atom is -0.469 e. The summed E-state index contributed by atoms with van der Waals surface area (Å²) in [5, 5.41) is 0. The monoisotopic (exact) mass is 279 g/mol. The number of nitrogens with two attached hydrogens (primary N) is 1. The van der Waals surface area contributed by atoms with E-state index in [1.807, 2.05) is 12.1 Å². The third-order valence-electron chi connectivity index (χ3n) is 3.31. The van der Waals surface area contributed by atoms with Crippen molar-refractivity contribution in [3.8, 4) is 0 Å². The Morgan fingerprint density at radius 3 is 2.95 bits per heavy atom. The number of ether oxygens (including phenoxy) is 1. The molecule has 1 fully saturated rings. The molecule has 6 heteroatoms. The molecular formula is C13H17N3O2S. The minimum absolute atomic E-state index is 0.0733. The Balaban J connectivity index is 2.08. The summed E-state index contributed by atoms with van der Waals surface area (Å²) in [7, 11) is 1.43. The number of piperidine rings is 1. The van der Waals surface area contributed by atoms with Crippen molar-refractivity contribution in [2.75, 3.05) is 25.1 Å². The second kappa shape index (κ2) is 5.97. The fraction of sp³-hybridized carbons (Fsp3) is 0.462. The van der Waals surface area contributed by atoms with Crippen molar-refractivity contribution in [3.63, 3.8) is 0 Å².